The zero-order valence-electron chi connectivity index (χ0n) is 18.4. The molecule has 0 radical (unpaired) electrons. The summed E-state index contributed by atoms with van der Waals surface area (Å²) in [7, 11) is 0. The minimum absolute atomic E-state index is 0.0663. The van der Waals surface area contributed by atoms with Crippen molar-refractivity contribution in [1.82, 2.24) is 14.7 Å². The SMILES string of the molecule is O=C(Nc1ccc(C(=O)N2CCOCC2)cc1)c1cc2n(n1)[C@H](C(F)(F)F)C[C@@H](c1ccco1)N2. The van der Waals surface area contributed by atoms with E-state index in [2.05, 4.69) is 15.7 Å². The number of rotatable bonds is 4. The van der Waals surface area contributed by atoms with Crippen LogP contribution in [0.4, 0.5) is 24.7 Å². The Morgan fingerprint density at radius 1 is 1.11 bits per heavy atom. The third kappa shape index (κ3) is 4.74. The predicted octanol–water partition coefficient (Wildman–Crippen LogP) is 3.86. The molecule has 1 fully saturated rings. The van der Waals surface area contributed by atoms with Gasteiger partial charge in [0.25, 0.3) is 11.8 Å². The maximum Gasteiger partial charge on any atom is 0.410 e. The van der Waals surface area contributed by atoms with Crippen LogP contribution in [0.15, 0.2) is 53.1 Å². The number of nitrogens with zero attached hydrogens (tertiary/aromatic N) is 3. The number of ether oxygens (including phenoxy) is 1. The van der Waals surface area contributed by atoms with E-state index in [4.69, 9.17) is 9.15 Å². The van der Waals surface area contributed by atoms with Gasteiger partial charge in [0.05, 0.1) is 25.5 Å². The van der Waals surface area contributed by atoms with E-state index >= 15 is 0 Å². The molecule has 1 aromatic carbocycles. The Labute approximate surface area is 197 Å². The Morgan fingerprint density at radius 2 is 1.86 bits per heavy atom. The minimum Gasteiger partial charge on any atom is -0.467 e. The van der Waals surface area contributed by atoms with Gasteiger partial charge in [0.2, 0.25) is 0 Å². The number of anilines is 2. The monoisotopic (exact) mass is 489 g/mol. The molecule has 5 rings (SSSR count). The summed E-state index contributed by atoms with van der Waals surface area (Å²) in [5, 5.41) is 9.52. The first kappa shape index (κ1) is 23.0. The first-order chi connectivity index (χ1) is 16.8. The van der Waals surface area contributed by atoms with Crippen LogP contribution < -0.4 is 10.6 Å². The van der Waals surface area contributed by atoms with Crippen molar-refractivity contribution < 1.29 is 31.9 Å². The molecule has 2 atom stereocenters. The number of morpholine rings is 1. The normalized spacial score (nSPS) is 20.1. The smallest absolute Gasteiger partial charge is 0.410 e. The van der Waals surface area contributed by atoms with Crippen LogP contribution in [0.5, 0.6) is 0 Å². The number of halogens is 3. The molecule has 184 valence electrons. The average molecular weight is 489 g/mol. The van der Waals surface area contributed by atoms with Crippen LogP contribution in [0, 0.1) is 0 Å². The summed E-state index contributed by atoms with van der Waals surface area (Å²) in [6.07, 6.45) is -3.50. The first-order valence-corrected chi connectivity index (χ1v) is 11.0. The van der Waals surface area contributed by atoms with E-state index in [0.717, 1.165) is 4.68 Å². The minimum atomic E-state index is -4.57. The lowest BCUT2D eigenvalue weighted by atomic mass is 10.0. The number of nitrogens with one attached hydrogen (secondary N) is 2. The van der Waals surface area contributed by atoms with Crippen molar-refractivity contribution in [3.8, 4) is 0 Å². The van der Waals surface area contributed by atoms with Gasteiger partial charge >= 0.3 is 6.18 Å². The molecule has 4 heterocycles. The number of fused-ring (bicyclic) bond motifs is 1. The quantitative estimate of drug-likeness (QED) is 0.577. The van der Waals surface area contributed by atoms with Crippen molar-refractivity contribution in [2.45, 2.75) is 24.7 Å². The van der Waals surface area contributed by atoms with Gasteiger partial charge in [-0.25, -0.2) is 4.68 Å². The maximum atomic E-state index is 13.8. The molecular formula is C23H22F3N5O4. The molecule has 2 aromatic heterocycles. The number of benzene rings is 1. The van der Waals surface area contributed by atoms with Crippen LogP contribution in [0.2, 0.25) is 0 Å². The number of furan rings is 1. The Bertz CT molecular complexity index is 1200. The van der Waals surface area contributed by atoms with Crippen LogP contribution in [0.1, 0.15) is 45.1 Å². The van der Waals surface area contributed by atoms with Gasteiger partial charge in [-0.05, 0) is 36.4 Å². The summed E-state index contributed by atoms with van der Waals surface area (Å²) < 4.78 is 52.6. The second-order valence-electron chi connectivity index (χ2n) is 8.30. The van der Waals surface area contributed by atoms with Crippen LogP contribution in [0.25, 0.3) is 0 Å². The number of amides is 2. The van der Waals surface area contributed by atoms with E-state index in [9.17, 15) is 22.8 Å². The second-order valence-corrected chi connectivity index (χ2v) is 8.30. The van der Waals surface area contributed by atoms with Crippen molar-refractivity contribution in [2.24, 2.45) is 0 Å². The van der Waals surface area contributed by atoms with Gasteiger partial charge in [-0.3, -0.25) is 9.59 Å². The second kappa shape index (κ2) is 9.10. The third-order valence-electron chi connectivity index (χ3n) is 6.00. The fraction of sp³-hybridized carbons (Fsp3) is 0.348. The van der Waals surface area contributed by atoms with Crippen LogP contribution in [-0.2, 0) is 4.74 Å². The zero-order chi connectivity index (χ0) is 24.6. The summed E-state index contributed by atoms with van der Waals surface area (Å²) >= 11 is 0. The van der Waals surface area contributed by atoms with E-state index in [-0.39, 0.29) is 23.8 Å². The van der Waals surface area contributed by atoms with Crippen molar-refractivity contribution in [3.63, 3.8) is 0 Å². The molecule has 9 nitrogen and oxygen atoms in total. The fourth-order valence-electron chi connectivity index (χ4n) is 4.20. The topological polar surface area (TPSA) is 102 Å². The van der Waals surface area contributed by atoms with Crippen molar-refractivity contribution in [3.05, 3.63) is 65.7 Å². The summed E-state index contributed by atoms with van der Waals surface area (Å²) in [5.41, 5.74) is 0.673. The van der Waals surface area contributed by atoms with E-state index < -0.39 is 24.2 Å². The molecule has 2 N–H and O–H groups in total. The molecule has 1 saturated heterocycles. The molecule has 0 spiro atoms. The Kier molecular flexibility index (Phi) is 5.97. The molecule has 0 saturated carbocycles. The van der Waals surface area contributed by atoms with Gasteiger partial charge in [0, 0.05) is 36.8 Å². The van der Waals surface area contributed by atoms with E-state index in [1.165, 1.54) is 12.3 Å². The van der Waals surface area contributed by atoms with Crippen molar-refractivity contribution in [2.75, 3.05) is 36.9 Å². The molecule has 0 bridgehead atoms. The third-order valence-corrected chi connectivity index (χ3v) is 6.00. The van der Waals surface area contributed by atoms with Crippen molar-refractivity contribution >= 4 is 23.3 Å². The lowest BCUT2D eigenvalue weighted by molar-refractivity contribution is -0.174. The van der Waals surface area contributed by atoms with Crippen LogP contribution in [-0.4, -0.2) is 59.0 Å². The van der Waals surface area contributed by atoms with Gasteiger partial charge in [-0.2, -0.15) is 18.3 Å². The molecule has 35 heavy (non-hydrogen) atoms. The lowest BCUT2D eigenvalue weighted by Crippen LogP contribution is -2.40. The van der Waals surface area contributed by atoms with Gasteiger partial charge in [0.15, 0.2) is 11.7 Å². The van der Waals surface area contributed by atoms with Crippen molar-refractivity contribution in [1.29, 1.82) is 0 Å². The van der Waals surface area contributed by atoms with Crippen LogP contribution in [0.3, 0.4) is 0 Å². The summed E-state index contributed by atoms with van der Waals surface area (Å²) in [5.74, 6) is -0.374. The number of carbonyl (C=O) groups excluding carboxylic acids is 2. The number of hydrogen-bond acceptors (Lipinski definition) is 6. The Balaban J connectivity index is 1.31. The van der Waals surface area contributed by atoms with Gasteiger partial charge in [-0.15, -0.1) is 0 Å². The van der Waals surface area contributed by atoms with Crippen LogP contribution >= 0.6 is 0 Å². The number of carbonyl (C=O) groups is 2. The van der Waals surface area contributed by atoms with Gasteiger partial charge in [0.1, 0.15) is 11.6 Å². The molecule has 2 aliphatic rings. The lowest BCUT2D eigenvalue weighted by Gasteiger charge is -2.32. The zero-order valence-corrected chi connectivity index (χ0v) is 18.4. The van der Waals surface area contributed by atoms with E-state index in [1.807, 2.05) is 0 Å². The molecule has 0 aliphatic carbocycles. The highest BCUT2D eigenvalue weighted by atomic mass is 19.4. The summed E-state index contributed by atoms with van der Waals surface area (Å²) in [6, 6.07) is 8.13. The Hall–Kier alpha value is -3.80. The number of hydrogen-bond donors (Lipinski definition) is 2. The highest BCUT2D eigenvalue weighted by Crippen LogP contribution is 2.43. The fourth-order valence-corrected chi connectivity index (χ4v) is 4.20. The maximum absolute atomic E-state index is 13.8. The Morgan fingerprint density at radius 3 is 2.51 bits per heavy atom. The first-order valence-electron chi connectivity index (χ1n) is 11.0. The van der Waals surface area contributed by atoms with Gasteiger partial charge in [-0.1, -0.05) is 0 Å². The molecular weight excluding hydrogens is 467 g/mol. The molecule has 0 unspecified atom stereocenters. The number of aromatic nitrogens is 2. The summed E-state index contributed by atoms with van der Waals surface area (Å²) in [6.45, 7) is 1.99. The van der Waals surface area contributed by atoms with E-state index in [1.54, 1.807) is 41.3 Å². The highest BCUT2D eigenvalue weighted by molar-refractivity contribution is 6.03. The molecule has 3 aromatic rings. The average Bonchev–Trinajstić information content (AvgIpc) is 3.53. The largest absolute Gasteiger partial charge is 0.467 e. The van der Waals surface area contributed by atoms with E-state index in [0.29, 0.717) is 43.3 Å². The summed E-state index contributed by atoms with van der Waals surface area (Å²) in [4.78, 5) is 27.0. The predicted molar refractivity (Wildman–Crippen MR) is 118 cm³/mol. The molecule has 2 amide bonds. The standard InChI is InChI=1S/C23H22F3N5O4/c24-23(25,26)19-12-16(18-2-1-9-35-18)28-20-13-17(29-31(19)20)21(32)27-15-5-3-14(4-6-15)22(33)30-7-10-34-11-8-30/h1-6,9,13,16,19,28H,7-8,10-12H2,(H,27,32)/t16-,19-/m0/s1. The molecule has 12 heteroatoms. The highest BCUT2D eigenvalue weighted by Gasteiger charge is 2.47. The molecule has 2 aliphatic heterocycles. The number of alkyl halides is 3. The van der Waals surface area contributed by atoms with Gasteiger partial charge < -0.3 is 24.7 Å².